The highest BCUT2D eigenvalue weighted by molar-refractivity contribution is 5.93. The number of H-pyrrole nitrogens is 1. The van der Waals surface area contributed by atoms with E-state index in [0.717, 1.165) is 24.8 Å². The summed E-state index contributed by atoms with van der Waals surface area (Å²) >= 11 is 0. The highest BCUT2D eigenvalue weighted by atomic mass is 16.5. The molecule has 0 radical (unpaired) electrons. The third-order valence-corrected chi connectivity index (χ3v) is 7.14. The van der Waals surface area contributed by atoms with Crippen LogP contribution in [-0.4, -0.2) is 53.0 Å². The van der Waals surface area contributed by atoms with E-state index in [1.807, 2.05) is 35.4 Å². The van der Waals surface area contributed by atoms with Crippen LogP contribution in [0.3, 0.4) is 0 Å². The van der Waals surface area contributed by atoms with Crippen molar-refractivity contribution < 1.29 is 14.3 Å². The number of nitrogens with zero attached hydrogens (tertiary/aromatic N) is 1. The van der Waals surface area contributed by atoms with Gasteiger partial charge < -0.3 is 19.9 Å². The maximum absolute atomic E-state index is 13.3. The van der Waals surface area contributed by atoms with Crippen molar-refractivity contribution in [1.82, 2.24) is 15.2 Å². The lowest BCUT2D eigenvalue weighted by atomic mass is 9.77. The number of hydrogen-bond acceptors (Lipinski definition) is 3. The first-order valence-electron chi connectivity index (χ1n) is 11.6. The fourth-order valence-electron chi connectivity index (χ4n) is 5.54. The molecule has 2 saturated heterocycles. The van der Waals surface area contributed by atoms with Gasteiger partial charge in [-0.1, -0.05) is 56.5 Å². The molecule has 0 saturated carbocycles. The van der Waals surface area contributed by atoms with Crippen LogP contribution in [0.2, 0.25) is 0 Å². The fraction of sp³-hybridized carbons (Fsp3) is 0.520. The summed E-state index contributed by atoms with van der Waals surface area (Å²) in [6.45, 7) is 4.01. The summed E-state index contributed by atoms with van der Waals surface area (Å²) in [6.07, 6.45) is 11.0. The molecule has 1 spiro atoms. The predicted octanol–water partition coefficient (Wildman–Crippen LogP) is 3.19. The number of likely N-dealkylation sites (tertiary alicyclic amines) is 1. The molecule has 2 fully saturated rings. The first kappa shape index (κ1) is 20.3. The lowest BCUT2D eigenvalue weighted by molar-refractivity contribution is -0.137. The van der Waals surface area contributed by atoms with E-state index in [1.165, 1.54) is 23.8 Å². The lowest BCUT2D eigenvalue weighted by Gasteiger charge is -2.23. The van der Waals surface area contributed by atoms with Crippen molar-refractivity contribution in [2.45, 2.75) is 50.7 Å². The number of benzene rings is 1. The van der Waals surface area contributed by atoms with Gasteiger partial charge in [0.05, 0.1) is 24.5 Å². The van der Waals surface area contributed by atoms with E-state index in [2.05, 4.69) is 29.4 Å². The average Bonchev–Trinajstić information content (AvgIpc) is 3.52. The number of ether oxygens (including phenoxy) is 1. The van der Waals surface area contributed by atoms with Crippen LogP contribution in [0.25, 0.3) is 10.9 Å². The summed E-state index contributed by atoms with van der Waals surface area (Å²) in [4.78, 5) is 31.5. The number of aromatic nitrogens is 1. The average molecular weight is 422 g/mol. The molecule has 6 nitrogen and oxygen atoms in total. The largest absolute Gasteiger partial charge is 0.361 e. The zero-order chi connectivity index (χ0) is 21.4. The molecule has 2 bridgehead atoms. The van der Waals surface area contributed by atoms with Gasteiger partial charge in [-0.3, -0.25) is 9.59 Å². The molecule has 0 unspecified atom stereocenters. The maximum Gasteiger partial charge on any atom is 0.230 e. The van der Waals surface area contributed by atoms with Crippen molar-refractivity contribution in [1.29, 1.82) is 0 Å². The molecule has 4 atom stereocenters. The number of rotatable bonds is 9. The Balaban J connectivity index is 1.24. The van der Waals surface area contributed by atoms with Crippen LogP contribution in [0.5, 0.6) is 0 Å². The number of amides is 2. The Morgan fingerprint density at radius 2 is 2.16 bits per heavy atom. The van der Waals surface area contributed by atoms with E-state index < -0.39 is 17.4 Å². The first-order chi connectivity index (χ1) is 15.1. The van der Waals surface area contributed by atoms with E-state index >= 15 is 0 Å². The van der Waals surface area contributed by atoms with Crippen LogP contribution in [0.15, 0.2) is 42.6 Å². The lowest BCUT2D eigenvalue weighted by Crippen LogP contribution is -2.44. The monoisotopic (exact) mass is 421 g/mol. The van der Waals surface area contributed by atoms with Crippen molar-refractivity contribution in [3.05, 3.63) is 48.2 Å². The topological polar surface area (TPSA) is 74.4 Å². The highest BCUT2D eigenvalue weighted by Crippen LogP contribution is 2.51. The molecule has 0 aliphatic carbocycles. The quantitative estimate of drug-likeness (QED) is 0.482. The molecule has 5 rings (SSSR count). The van der Waals surface area contributed by atoms with Crippen LogP contribution in [0, 0.1) is 11.8 Å². The van der Waals surface area contributed by atoms with Crippen molar-refractivity contribution >= 4 is 22.7 Å². The molecule has 2 aromatic rings. The first-order valence-corrected chi connectivity index (χ1v) is 11.6. The second-order valence-corrected chi connectivity index (χ2v) is 9.12. The Bertz CT molecular complexity index is 1010. The Kier molecular flexibility index (Phi) is 5.34. The summed E-state index contributed by atoms with van der Waals surface area (Å²) in [5.41, 5.74) is 1.69. The molecule has 31 heavy (non-hydrogen) atoms. The molecule has 4 heterocycles. The minimum absolute atomic E-state index is 0.0375. The van der Waals surface area contributed by atoms with Gasteiger partial charge >= 0.3 is 0 Å². The third-order valence-electron chi connectivity index (χ3n) is 7.14. The molecular formula is C25H31N3O3. The van der Waals surface area contributed by atoms with Gasteiger partial charge in [-0.05, 0) is 24.5 Å². The van der Waals surface area contributed by atoms with E-state index in [4.69, 9.17) is 4.74 Å². The Hall–Kier alpha value is -2.60. The number of unbranched alkanes of at least 4 members (excludes halogenated alkanes) is 3. The molecule has 2 N–H and O–H groups in total. The number of para-hydroxylation sites is 1. The Morgan fingerprint density at radius 1 is 1.29 bits per heavy atom. The maximum atomic E-state index is 13.3. The van der Waals surface area contributed by atoms with E-state index in [1.54, 1.807) is 0 Å². The fourth-order valence-corrected chi connectivity index (χ4v) is 5.54. The van der Waals surface area contributed by atoms with Crippen LogP contribution >= 0.6 is 0 Å². The van der Waals surface area contributed by atoms with Crippen LogP contribution < -0.4 is 5.32 Å². The van der Waals surface area contributed by atoms with Crippen molar-refractivity contribution in [3.8, 4) is 0 Å². The molecular weight excluding hydrogens is 390 g/mol. The number of fused-ring (bicyclic) bond motifs is 2. The van der Waals surface area contributed by atoms with E-state index in [-0.39, 0.29) is 17.9 Å². The van der Waals surface area contributed by atoms with Gasteiger partial charge in [-0.2, -0.15) is 0 Å². The smallest absolute Gasteiger partial charge is 0.230 e. The summed E-state index contributed by atoms with van der Waals surface area (Å²) in [7, 11) is 0. The standard InChI is InChI=1S/C25H31N3O3/c1-2-3-4-7-13-26-23(29)21-20-10-12-25(31-20)16-28(24(30)22(21)25)14-11-17-15-27-19-9-6-5-8-18(17)19/h5-6,8-10,12,15,20-22,27H,2-4,7,11,13-14,16H2,1H3,(H,26,29)/t20-,21+,22+,25+/m0/s1. The number of aromatic amines is 1. The van der Waals surface area contributed by atoms with Crippen LogP contribution in [-0.2, 0) is 20.7 Å². The second-order valence-electron chi connectivity index (χ2n) is 9.12. The van der Waals surface area contributed by atoms with Crippen molar-refractivity contribution in [2.75, 3.05) is 19.6 Å². The van der Waals surface area contributed by atoms with Gasteiger partial charge in [0, 0.05) is 30.2 Å². The minimum Gasteiger partial charge on any atom is -0.361 e. The minimum atomic E-state index is -0.633. The van der Waals surface area contributed by atoms with E-state index in [9.17, 15) is 9.59 Å². The normalized spacial score (nSPS) is 28.6. The molecule has 6 heteroatoms. The van der Waals surface area contributed by atoms with Gasteiger partial charge in [-0.25, -0.2) is 0 Å². The van der Waals surface area contributed by atoms with Crippen LogP contribution in [0.1, 0.15) is 38.2 Å². The van der Waals surface area contributed by atoms with Gasteiger partial charge in [-0.15, -0.1) is 0 Å². The molecule has 3 aliphatic heterocycles. The van der Waals surface area contributed by atoms with Gasteiger partial charge in [0.25, 0.3) is 0 Å². The molecule has 3 aliphatic rings. The zero-order valence-electron chi connectivity index (χ0n) is 18.1. The second kappa shape index (κ2) is 8.15. The third kappa shape index (κ3) is 3.47. The zero-order valence-corrected chi connectivity index (χ0v) is 18.1. The molecule has 1 aromatic heterocycles. The predicted molar refractivity (Wildman–Crippen MR) is 119 cm³/mol. The Labute approximate surface area is 183 Å². The van der Waals surface area contributed by atoms with Crippen molar-refractivity contribution in [2.24, 2.45) is 11.8 Å². The highest BCUT2D eigenvalue weighted by Gasteiger charge is 2.66. The summed E-state index contributed by atoms with van der Waals surface area (Å²) < 4.78 is 6.23. The number of hydrogen-bond donors (Lipinski definition) is 2. The van der Waals surface area contributed by atoms with Gasteiger partial charge in [0.1, 0.15) is 5.60 Å². The summed E-state index contributed by atoms with van der Waals surface area (Å²) in [5, 5.41) is 4.26. The number of carbonyl (C=O) groups excluding carboxylic acids is 2. The Morgan fingerprint density at radius 3 is 3.03 bits per heavy atom. The van der Waals surface area contributed by atoms with Crippen LogP contribution in [0.4, 0.5) is 0 Å². The SMILES string of the molecule is CCCCCCNC(=O)[C@@H]1[C@@H]2C=C[C@]3(CN(CCc4c[nH]c5ccccc45)C(=O)[C@@H]13)O2. The molecule has 1 aromatic carbocycles. The summed E-state index contributed by atoms with van der Waals surface area (Å²) in [6, 6.07) is 8.22. The van der Waals surface area contributed by atoms with Gasteiger partial charge in [0.15, 0.2) is 0 Å². The molecule has 2 amide bonds. The number of carbonyl (C=O) groups is 2. The number of nitrogens with one attached hydrogen (secondary N) is 2. The van der Waals surface area contributed by atoms with Gasteiger partial charge in [0.2, 0.25) is 11.8 Å². The van der Waals surface area contributed by atoms with Crippen molar-refractivity contribution in [3.63, 3.8) is 0 Å². The molecule has 164 valence electrons. The van der Waals surface area contributed by atoms with E-state index in [0.29, 0.717) is 19.6 Å². The summed E-state index contributed by atoms with van der Waals surface area (Å²) in [5.74, 6) is -0.801.